The van der Waals surface area contributed by atoms with Crippen LogP contribution >= 0.6 is 27.5 Å². The smallest absolute Gasteiger partial charge is 0.145 e. The average molecular weight is 414 g/mol. The molecule has 7 nitrogen and oxygen atoms in total. The van der Waals surface area contributed by atoms with Gasteiger partial charge in [-0.3, -0.25) is 10.8 Å². The Balaban J connectivity index is 2.00. The third-order valence-electron chi connectivity index (χ3n) is 4.28. The first kappa shape index (κ1) is 17.3. The molecule has 0 aromatic heterocycles. The first-order valence-electron chi connectivity index (χ1n) is 7.43. The largest absolute Gasteiger partial charge is 0.366 e. The number of ether oxygens (including phenoxy) is 1. The van der Waals surface area contributed by atoms with Gasteiger partial charge in [-0.25, -0.2) is 0 Å². The fraction of sp³-hybridized carbons (Fsp3) is 0.400. The molecule has 0 saturated carbocycles. The fourth-order valence-corrected chi connectivity index (χ4v) is 3.74. The molecule has 1 aromatic rings. The maximum atomic E-state index is 8.42. The van der Waals surface area contributed by atoms with Crippen molar-refractivity contribution in [2.45, 2.75) is 5.60 Å². The molecule has 1 saturated heterocycles. The van der Waals surface area contributed by atoms with E-state index in [1.54, 1.807) is 0 Å². The van der Waals surface area contributed by atoms with Gasteiger partial charge in [0.2, 0.25) is 0 Å². The molecule has 0 radical (unpaired) electrons. The molecule has 128 valence electrons. The van der Waals surface area contributed by atoms with Crippen LogP contribution < -0.4 is 10.3 Å². The topological polar surface area (TPSA) is 87.8 Å². The molecular formula is C15H18BrClN6O. The Morgan fingerprint density at radius 2 is 2.29 bits per heavy atom. The summed E-state index contributed by atoms with van der Waals surface area (Å²) in [4.78, 5) is 4.07. The summed E-state index contributed by atoms with van der Waals surface area (Å²) in [5.74, 6) is 0.140. The number of hydrogen-bond donors (Lipinski definition) is 3. The first-order chi connectivity index (χ1) is 11.5. The lowest BCUT2D eigenvalue weighted by molar-refractivity contribution is -0.0968. The van der Waals surface area contributed by atoms with Crippen LogP contribution in [-0.4, -0.2) is 44.0 Å². The van der Waals surface area contributed by atoms with Gasteiger partial charge in [0.1, 0.15) is 16.5 Å². The van der Waals surface area contributed by atoms with Gasteiger partial charge in [0, 0.05) is 35.0 Å². The van der Waals surface area contributed by atoms with E-state index < -0.39 is 5.60 Å². The van der Waals surface area contributed by atoms with Gasteiger partial charge in [-0.2, -0.15) is 5.53 Å². The molecule has 0 aliphatic carbocycles. The predicted octanol–water partition coefficient (Wildman–Crippen LogP) is 3.02. The van der Waals surface area contributed by atoms with Gasteiger partial charge in [-0.15, -0.1) is 0 Å². The summed E-state index contributed by atoms with van der Waals surface area (Å²) in [6.07, 6.45) is 1.33. The number of fused-ring (bicyclic) bond motifs is 2. The van der Waals surface area contributed by atoms with Crippen LogP contribution in [0.3, 0.4) is 0 Å². The number of morpholine rings is 1. The number of benzene rings is 1. The van der Waals surface area contributed by atoms with Gasteiger partial charge in [-0.1, -0.05) is 38.8 Å². The number of anilines is 1. The molecule has 9 heteroatoms. The molecular weight excluding hydrogens is 396 g/mol. The summed E-state index contributed by atoms with van der Waals surface area (Å²) in [5.41, 5.74) is 10.6. The van der Waals surface area contributed by atoms with Crippen LogP contribution in [0.25, 0.3) is 0 Å². The normalized spacial score (nSPS) is 24.1. The van der Waals surface area contributed by atoms with Crippen molar-refractivity contribution in [2.75, 3.05) is 38.2 Å². The van der Waals surface area contributed by atoms with Gasteiger partial charge in [0.15, 0.2) is 0 Å². The zero-order valence-electron chi connectivity index (χ0n) is 13.1. The Hall–Kier alpha value is -1.48. The van der Waals surface area contributed by atoms with E-state index in [0.717, 1.165) is 28.8 Å². The standard InChI is InChI=1S/C15H18BrClN6O/c1-22-4-5-24-15(8-22)9-23(14(18)12(17)7-20-21-19)13-6-10(16)2-3-11(13)15/h2-3,6-7,18H,4-5,8-9H2,1H3,(H2,19,20)/b12-7+,18-14?. The molecule has 3 rings (SSSR count). The molecule has 3 N–H and O–H groups in total. The number of nitrogens with zero attached hydrogens (tertiary/aromatic N) is 3. The van der Waals surface area contributed by atoms with Gasteiger partial charge < -0.3 is 14.5 Å². The minimum atomic E-state index is -0.472. The average Bonchev–Trinajstić information content (AvgIpc) is 2.85. The maximum Gasteiger partial charge on any atom is 0.145 e. The third kappa shape index (κ3) is 3.06. The van der Waals surface area contributed by atoms with E-state index in [1.807, 2.05) is 23.1 Å². The second-order valence-electron chi connectivity index (χ2n) is 5.91. The van der Waals surface area contributed by atoms with Crippen molar-refractivity contribution in [1.29, 1.82) is 10.9 Å². The van der Waals surface area contributed by atoms with Gasteiger partial charge in [0.05, 0.1) is 13.2 Å². The van der Waals surface area contributed by atoms with Crippen molar-refractivity contribution in [3.8, 4) is 0 Å². The SMILES string of the molecule is CN1CCOC2(C1)CN(C(=N)/C(Cl)=C\NN=N)c1cc(Br)ccc12. The van der Waals surface area contributed by atoms with E-state index in [0.29, 0.717) is 13.2 Å². The van der Waals surface area contributed by atoms with Crippen molar-refractivity contribution < 1.29 is 4.74 Å². The molecule has 1 unspecified atom stereocenters. The summed E-state index contributed by atoms with van der Waals surface area (Å²) < 4.78 is 7.11. The number of halogens is 2. The van der Waals surface area contributed by atoms with Crippen LogP contribution in [0.15, 0.2) is 39.1 Å². The molecule has 0 amide bonds. The first-order valence-corrected chi connectivity index (χ1v) is 8.60. The number of likely N-dealkylation sites (N-methyl/N-ethyl adjacent to an activating group) is 1. The number of hydrogen-bond acceptors (Lipinski definition) is 5. The second kappa shape index (κ2) is 6.79. The van der Waals surface area contributed by atoms with E-state index in [9.17, 15) is 0 Å². The summed E-state index contributed by atoms with van der Waals surface area (Å²) in [7, 11) is 2.07. The molecule has 1 fully saturated rings. The Labute approximate surface area is 153 Å². The fourth-order valence-electron chi connectivity index (χ4n) is 3.24. The van der Waals surface area contributed by atoms with E-state index in [1.165, 1.54) is 6.20 Å². The zero-order chi connectivity index (χ0) is 17.3. The second-order valence-corrected chi connectivity index (χ2v) is 7.23. The van der Waals surface area contributed by atoms with Crippen LogP contribution in [0, 0.1) is 10.9 Å². The highest BCUT2D eigenvalue weighted by molar-refractivity contribution is 9.10. The third-order valence-corrected chi connectivity index (χ3v) is 5.06. The Bertz CT molecular complexity index is 711. The molecule has 2 heterocycles. The van der Waals surface area contributed by atoms with E-state index >= 15 is 0 Å². The van der Waals surface area contributed by atoms with Gasteiger partial charge in [-0.05, 0) is 19.2 Å². The summed E-state index contributed by atoms with van der Waals surface area (Å²) in [6.45, 7) is 2.81. The van der Waals surface area contributed by atoms with Crippen molar-refractivity contribution in [3.05, 3.63) is 39.5 Å². The predicted molar refractivity (Wildman–Crippen MR) is 96.6 cm³/mol. The molecule has 1 atom stereocenters. The molecule has 1 spiro atoms. The van der Waals surface area contributed by atoms with Crippen LogP contribution in [0.2, 0.25) is 0 Å². The van der Waals surface area contributed by atoms with E-state index in [-0.39, 0.29) is 10.9 Å². The quantitative estimate of drug-likeness (QED) is 0.308. The molecule has 0 bridgehead atoms. The molecule has 24 heavy (non-hydrogen) atoms. The van der Waals surface area contributed by atoms with Crippen LogP contribution in [0.5, 0.6) is 0 Å². The van der Waals surface area contributed by atoms with Crippen LogP contribution in [0.4, 0.5) is 5.69 Å². The van der Waals surface area contributed by atoms with Crippen molar-refractivity contribution >= 4 is 39.1 Å². The zero-order valence-corrected chi connectivity index (χ0v) is 15.5. The highest BCUT2D eigenvalue weighted by atomic mass is 79.9. The summed E-state index contributed by atoms with van der Waals surface area (Å²) in [6, 6.07) is 6.01. The van der Waals surface area contributed by atoms with Crippen molar-refractivity contribution in [3.63, 3.8) is 0 Å². The lowest BCUT2D eigenvalue weighted by Gasteiger charge is -2.39. The minimum Gasteiger partial charge on any atom is -0.366 e. The van der Waals surface area contributed by atoms with Gasteiger partial charge in [0.25, 0.3) is 0 Å². The van der Waals surface area contributed by atoms with Crippen LogP contribution in [0.1, 0.15) is 5.56 Å². The Kier molecular flexibility index (Phi) is 4.91. The lowest BCUT2D eigenvalue weighted by atomic mass is 9.94. The lowest BCUT2D eigenvalue weighted by Crippen LogP contribution is -2.51. The maximum absolute atomic E-state index is 8.42. The Morgan fingerprint density at radius 1 is 1.50 bits per heavy atom. The molecule has 2 aliphatic heterocycles. The Morgan fingerprint density at radius 3 is 3.00 bits per heavy atom. The molecule has 2 aliphatic rings. The number of nitrogens with one attached hydrogen (secondary N) is 3. The van der Waals surface area contributed by atoms with E-state index in [4.69, 9.17) is 27.3 Å². The summed E-state index contributed by atoms with van der Waals surface area (Å²) in [5, 5.41) is 11.6. The van der Waals surface area contributed by atoms with Crippen LogP contribution in [-0.2, 0) is 10.3 Å². The summed E-state index contributed by atoms with van der Waals surface area (Å²) >= 11 is 9.68. The number of rotatable bonds is 3. The highest BCUT2D eigenvalue weighted by Gasteiger charge is 2.47. The van der Waals surface area contributed by atoms with Crippen molar-refractivity contribution in [1.82, 2.24) is 10.3 Å². The monoisotopic (exact) mass is 412 g/mol. The van der Waals surface area contributed by atoms with Crippen molar-refractivity contribution in [2.24, 2.45) is 5.22 Å². The highest BCUT2D eigenvalue weighted by Crippen LogP contribution is 2.45. The minimum absolute atomic E-state index is 0.140. The van der Waals surface area contributed by atoms with E-state index in [2.05, 4.69) is 38.5 Å². The number of amidine groups is 1. The molecule has 1 aromatic carbocycles. The van der Waals surface area contributed by atoms with Gasteiger partial charge >= 0.3 is 0 Å².